The van der Waals surface area contributed by atoms with Crippen LogP contribution in [0.2, 0.25) is 18.1 Å². The van der Waals surface area contributed by atoms with Gasteiger partial charge in [-0.2, -0.15) is 0 Å². The Kier molecular flexibility index (Phi) is 6.62. The van der Waals surface area contributed by atoms with Crippen LogP contribution in [0.3, 0.4) is 0 Å². The molecule has 0 saturated heterocycles. The summed E-state index contributed by atoms with van der Waals surface area (Å²) in [6.45, 7) is 20.1. The summed E-state index contributed by atoms with van der Waals surface area (Å²) >= 11 is 0. The van der Waals surface area contributed by atoms with Gasteiger partial charge in [0.1, 0.15) is 5.75 Å². The number of methoxy groups -OCH3 is 1. The van der Waals surface area contributed by atoms with Crippen LogP contribution in [0, 0.1) is 17.8 Å². The fraction of sp³-hybridized carbons (Fsp3) is 0.593. The predicted molar refractivity (Wildman–Crippen MR) is 131 cm³/mol. The van der Waals surface area contributed by atoms with E-state index in [0.717, 1.165) is 48.3 Å². The van der Waals surface area contributed by atoms with Crippen LogP contribution in [-0.2, 0) is 10.8 Å². The first-order valence-electron chi connectivity index (χ1n) is 11.6. The number of ketones is 1. The number of benzene rings is 1. The highest BCUT2D eigenvalue weighted by Gasteiger charge is 2.43. The third-order valence-electron chi connectivity index (χ3n) is 7.97. The largest absolute Gasteiger partial charge is 0.547 e. The predicted octanol–water partition coefficient (Wildman–Crippen LogP) is 7.34. The zero-order valence-electron chi connectivity index (χ0n) is 20.7. The maximum atomic E-state index is 13.6. The first-order chi connectivity index (χ1) is 14.4. The van der Waals surface area contributed by atoms with E-state index in [0.29, 0.717) is 5.92 Å². The minimum atomic E-state index is -1.95. The minimum Gasteiger partial charge on any atom is -0.547 e. The lowest BCUT2D eigenvalue weighted by atomic mass is 9.67. The number of rotatable bonds is 5. The second-order valence-corrected chi connectivity index (χ2v) is 15.8. The van der Waals surface area contributed by atoms with Crippen molar-refractivity contribution in [2.24, 2.45) is 17.8 Å². The number of hydrogen-bond donors (Lipinski definition) is 0. The van der Waals surface area contributed by atoms with Gasteiger partial charge in [-0.1, -0.05) is 32.9 Å². The van der Waals surface area contributed by atoms with Crippen LogP contribution in [0.15, 0.2) is 41.7 Å². The van der Waals surface area contributed by atoms with Crippen molar-refractivity contribution in [1.29, 1.82) is 0 Å². The monoisotopic (exact) mass is 440 g/mol. The molecule has 0 spiro atoms. The Morgan fingerprint density at radius 2 is 1.87 bits per heavy atom. The molecule has 0 saturated carbocycles. The maximum Gasteiger partial charge on any atom is 0.250 e. The minimum absolute atomic E-state index is 0.0149. The lowest BCUT2D eigenvalue weighted by Gasteiger charge is -2.43. The van der Waals surface area contributed by atoms with Crippen molar-refractivity contribution in [2.75, 3.05) is 7.11 Å². The zero-order valence-corrected chi connectivity index (χ0v) is 21.7. The molecule has 0 heterocycles. The highest BCUT2D eigenvalue weighted by atomic mass is 28.4. The van der Waals surface area contributed by atoms with Crippen molar-refractivity contribution in [1.82, 2.24) is 0 Å². The third kappa shape index (κ3) is 4.69. The van der Waals surface area contributed by atoms with E-state index in [1.807, 2.05) is 18.2 Å². The van der Waals surface area contributed by atoms with Gasteiger partial charge in [-0.15, -0.1) is 0 Å². The quantitative estimate of drug-likeness (QED) is 0.355. The molecule has 170 valence electrons. The van der Waals surface area contributed by atoms with Crippen LogP contribution in [0.5, 0.6) is 5.75 Å². The molecule has 1 aromatic rings. The molecule has 0 fully saturated rings. The van der Waals surface area contributed by atoms with Crippen LogP contribution >= 0.6 is 0 Å². The molecule has 0 N–H and O–H groups in total. The number of ether oxygens (including phenoxy) is 1. The van der Waals surface area contributed by atoms with Gasteiger partial charge in [0.25, 0.3) is 0 Å². The molecule has 0 unspecified atom stereocenters. The van der Waals surface area contributed by atoms with Gasteiger partial charge in [0.2, 0.25) is 8.32 Å². The second-order valence-electron chi connectivity index (χ2n) is 11.1. The summed E-state index contributed by atoms with van der Waals surface area (Å²) in [4.78, 5) is 13.6. The standard InChI is InChI=1S/C27H40O3Si/c1-17(2)20-15-24(18(3)25(16-20)30-31(8,9)27(4,5)6)23-12-10-19-14-21(29-7)11-13-22(19)26(23)28/h11,13-14,20,23-24H,1,10,12,15-16H2,2-9H3/t20-,23+,24-/m1/s1. The van der Waals surface area contributed by atoms with E-state index in [4.69, 9.17) is 9.16 Å². The van der Waals surface area contributed by atoms with Crippen molar-refractivity contribution >= 4 is 14.1 Å². The van der Waals surface area contributed by atoms with E-state index >= 15 is 0 Å². The van der Waals surface area contributed by atoms with E-state index in [1.165, 1.54) is 11.1 Å². The first kappa shape index (κ1) is 23.8. The van der Waals surface area contributed by atoms with Gasteiger partial charge < -0.3 is 9.16 Å². The van der Waals surface area contributed by atoms with E-state index in [2.05, 4.69) is 54.3 Å². The summed E-state index contributed by atoms with van der Waals surface area (Å²) < 4.78 is 12.2. The highest BCUT2D eigenvalue weighted by molar-refractivity contribution is 6.74. The fourth-order valence-electron chi connectivity index (χ4n) is 4.75. The van der Waals surface area contributed by atoms with Crippen molar-refractivity contribution in [3.05, 3.63) is 52.8 Å². The molecular formula is C27H40O3Si. The topological polar surface area (TPSA) is 35.5 Å². The molecule has 0 bridgehead atoms. The Morgan fingerprint density at radius 3 is 2.45 bits per heavy atom. The van der Waals surface area contributed by atoms with Crippen LogP contribution in [-0.4, -0.2) is 21.2 Å². The highest BCUT2D eigenvalue weighted by Crippen LogP contribution is 2.47. The smallest absolute Gasteiger partial charge is 0.250 e. The number of carbonyl (C=O) groups excluding carboxylic acids is 1. The van der Waals surface area contributed by atoms with Gasteiger partial charge in [0.15, 0.2) is 5.78 Å². The fourth-order valence-corrected chi connectivity index (χ4v) is 5.92. The van der Waals surface area contributed by atoms with Crippen LogP contribution in [0.4, 0.5) is 0 Å². The lowest BCUT2D eigenvalue weighted by Crippen LogP contribution is -2.42. The molecule has 0 radical (unpaired) electrons. The van der Waals surface area contributed by atoms with Gasteiger partial charge in [-0.25, -0.2) is 0 Å². The van der Waals surface area contributed by atoms with Crippen LogP contribution in [0.25, 0.3) is 0 Å². The summed E-state index contributed by atoms with van der Waals surface area (Å²) in [6, 6.07) is 5.88. The summed E-state index contributed by atoms with van der Waals surface area (Å²) in [7, 11) is -0.275. The van der Waals surface area contributed by atoms with Crippen molar-refractivity contribution in [3.8, 4) is 5.75 Å². The van der Waals surface area contributed by atoms with Gasteiger partial charge in [0, 0.05) is 17.9 Å². The number of aryl methyl sites for hydroxylation is 1. The SMILES string of the molecule is C=C(C)[C@H]1CC(O[Si](C)(C)C(C)(C)C)=C(C)[C@H]([C@@H]2CCc3cc(OC)ccc3C2=O)C1. The summed E-state index contributed by atoms with van der Waals surface area (Å²) in [5, 5.41) is 0.143. The van der Waals surface area contributed by atoms with Crippen molar-refractivity contribution in [3.63, 3.8) is 0 Å². The van der Waals surface area contributed by atoms with Crippen molar-refractivity contribution in [2.45, 2.75) is 78.4 Å². The Labute approximate surface area is 190 Å². The molecule has 2 aliphatic rings. The molecule has 1 aromatic carbocycles. The lowest BCUT2D eigenvalue weighted by molar-refractivity contribution is 0.0842. The zero-order chi connectivity index (χ0) is 23.1. The summed E-state index contributed by atoms with van der Waals surface area (Å²) in [6.07, 6.45) is 3.71. The van der Waals surface area contributed by atoms with Crippen LogP contribution in [0.1, 0.15) is 69.8 Å². The third-order valence-corrected chi connectivity index (χ3v) is 12.3. The normalized spacial score (nSPS) is 24.6. The maximum absolute atomic E-state index is 13.6. The molecule has 4 heteroatoms. The Balaban J connectivity index is 1.96. The van der Waals surface area contributed by atoms with E-state index in [1.54, 1.807) is 7.11 Å². The summed E-state index contributed by atoms with van der Waals surface area (Å²) in [5.74, 6) is 2.84. The number of carbonyl (C=O) groups is 1. The molecule has 3 atom stereocenters. The summed E-state index contributed by atoms with van der Waals surface area (Å²) in [5.41, 5.74) is 4.47. The van der Waals surface area contributed by atoms with Gasteiger partial charge in [-0.3, -0.25) is 4.79 Å². The van der Waals surface area contributed by atoms with Gasteiger partial charge >= 0.3 is 0 Å². The molecular weight excluding hydrogens is 400 g/mol. The Morgan fingerprint density at radius 1 is 1.19 bits per heavy atom. The van der Waals surface area contributed by atoms with Gasteiger partial charge in [0.05, 0.1) is 12.9 Å². The Bertz CT molecular complexity index is 904. The van der Waals surface area contributed by atoms with Crippen molar-refractivity contribution < 1.29 is 14.0 Å². The molecule has 0 amide bonds. The Hall–Kier alpha value is -1.81. The molecule has 3 nitrogen and oxygen atoms in total. The second kappa shape index (κ2) is 8.61. The van der Waals surface area contributed by atoms with E-state index in [9.17, 15) is 4.79 Å². The van der Waals surface area contributed by atoms with E-state index < -0.39 is 8.32 Å². The average Bonchev–Trinajstić information content (AvgIpc) is 2.68. The van der Waals surface area contributed by atoms with Crippen LogP contribution < -0.4 is 4.74 Å². The first-order valence-corrected chi connectivity index (χ1v) is 14.5. The number of fused-ring (bicyclic) bond motifs is 1. The average molecular weight is 441 g/mol. The molecule has 0 aromatic heterocycles. The molecule has 3 rings (SSSR count). The van der Waals surface area contributed by atoms with E-state index in [-0.39, 0.29) is 22.7 Å². The molecule has 2 aliphatic carbocycles. The molecule has 0 aliphatic heterocycles. The van der Waals surface area contributed by atoms with Gasteiger partial charge in [-0.05, 0) is 92.4 Å². The molecule has 31 heavy (non-hydrogen) atoms. The number of hydrogen-bond acceptors (Lipinski definition) is 3. The number of allylic oxidation sites excluding steroid dienone is 3. The number of Topliss-reactive ketones (excluding diaryl/α,β-unsaturated/α-hetero) is 1.